The van der Waals surface area contributed by atoms with Gasteiger partial charge in [-0.25, -0.2) is 0 Å². The van der Waals surface area contributed by atoms with Crippen molar-refractivity contribution in [1.29, 1.82) is 0 Å². The third-order valence-electron chi connectivity index (χ3n) is 5.82. The summed E-state index contributed by atoms with van der Waals surface area (Å²) in [4.78, 5) is 16.8. The number of methoxy groups -OCH3 is 1. The van der Waals surface area contributed by atoms with Crippen molar-refractivity contribution in [3.63, 3.8) is 0 Å². The lowest BCUT2D eigenvalue weighted by atomic mass is 9.81. The Morgan fingerprint density at radius 1 is 1.16 bits per heavy atom. The SMILES string of the molecule is COc1ccc2c(c1)C(C1CCN(C(=O)c3ccc(C)s3)CC1)CC2. The summed E-state index contributed by atoms with van der Waals surface area (Å²) in [5.41, 5.74) is 2.97. The summed E-state index contributed by atoms with van der Waals surface area (Å²) in [6.45, 7) is 3.83. The summed E-state index contributed by atoms with van der Waals surface area (Å²) in [7, 11) is 1.74. The molecule has 0 N–H and O–H groups in total. The van der Waals surface area contributed by atoms with Crippen LogP contribution < -0.4 is 4.74 Å². The third kappa shape index (κ3) is 3.20. The van der Waals surface area contributed by atoms with E-state index in [1.807, 2.05) is 17.0 Å². The van der Waals surface area contributed by atoms with E-state index in [0.29, 0.717) is 11.8 Å². The van der Waals surface area contributed by atoms with Crippen LogP contribution in [-0.2, 0) is 6.42 Å². The van der Waals surface area contributed by atoms with Crippen molar-refractivity contribution in [2.24, 2.45) is 5.92 Å². The normalized spacial score (nSPS) is 20.6. The monoisotopic (exact) mass is 355 g/mol. The first kappa shape index (κ1) is 16.6. The number of rotatable bonds is 3. The third-order valence-corrected chi connectivity index (χ3v) is 6.81. The van der Waals surface area contributed by atoms with Crippen molar-refractivity contribution in [3.8, 4) is 5.75 Å². The number of carbonyl (C=O) groups is 1. The number of ether oxygens (including phenoxy) is 1. The number of nitrogens with zero attached hydrogens (tertiary/aromatic N) is 1. The molecule has 4 rings (SSSR count). The van der Waals surface area contributed by atoms with Gasteiger partial charge >= 0.3 is 0 Å². The smallest absolute Gasteiger partial charge is 0.263 e. The molecule has 4 heteroatoms. The minimum absolute atomic E-state index is 0.213. The van der Waals surface area contributed by atoms with Gasteiger partial charge in [0.25, 0.3) is 5.91 Å². The molecule has 3 nitrogen and oxygen atoms in total. The molecule has 1 aromatic carbocycles. The summed E-state index contributed by atoms with van der Waals surface area (Å²) in [6, 6.07) is 10.5. The Hall–Kier alpha value is -1.81. The van der Waals surface area contributed by atoms with Crippen LogP contribution in [0.4, 0.5) is 0 Å². The maximum Gasteiger partial charge on any atom is 0.263 e. The lowest BCUT2D eigenvalue weighted by molar-refractivity contribution is 0.0682. The van der Waals surface area contributed by atoms with Gasteiger partial charge in [-0.15, -0.1) is 11.3 Å². The van der Waals surface area contributed by atoms with Crippen molar-refractivity contribution in [3.05, 3.63) is 51.2 Å². The fourth-order valence-electron chi connectivity index (χ4n) is 4.44. The second kappa shape index (κ2) is 6.83. The van der Waals surface area contributed by atoms with E-state index in [0.717, 1.165) is 36.6 Å². The van der Waals surface area contributed by atoms with E-state index in [1.165, 1.54) is 28.8 Å². The van der Waals surface area contributed by atoms with Gasteiger partial charge in [-0.3, -0.25) is 4.79 Å². The van der Waals surface area contributed by atoms with Gasteiger partial charge < -0.3 is 9.64 Å². The van der Waals surface area contributed by atoms with E-state index in [9.17, 15) is 4.79 Å². The Labute approximate surface area is 153 Å². The van der Waals surface area contributed by atoms with Crippen LogP contribution in [0.3, 0.4) is 0 Å². The van der Waals surface area contributed by atoms with Crippen LogP contribution in [-0.4, -0.2) is 31.0 Å². The average molecular weight is 356 g/mol. The first-order valence-electron chi connectivity index (χ1n) is 9.18. The van der Waals surface area contributed by atoms with Crippen LogP contribution in [0, 0.1) is 12.8 Å². The van der Waals surface area contributed by atoms with Crippen LogP contribution >= 0.6 is 11.3 Å². The lowest BCUT2D eigenvalue weighted by Gasteiger charge is -2.35. The summed E-state index contributed by atoms with van der Waals surface area (Å²) in [5, 5.41) is 0. The highest BCUT2D eigenvalue weighted by atomic mass is 32.1. The highest BCUT2D eigenvalue weighted by Gasteiger charge is 2.33. The number of hydrogen-bond acceptors (Lipinski definition) is 3. The van der Waals surface area contributed by atoms with Gasteiger partial charge in [0, 0.05) is 18.0 Å². The molecule has 1 aliphatic heterocycles. The van der Waals surface area contributed by atoms with Crippen molar-refractivity contribution >= 4 is 17.2 Å². The molecule has 1 fully saturated rings. The summed E-state index contributed by atoms with van der Waals surface area (Å²) in [5.74, 6) is 2.49. The second-order valence-corrected chi connectivity index (χ2v) is 8.54. The number of likely N-dealkylation sites (tertiary alicyclic amines) is 1. The molecule has 0 radical (unpaired) electrons. The number of fused-ring (bicyclic) bond motifs is 1. The van der Waals surface area contributed by atoms with Gasteiger partial charge in [-0.05, 0) is 79.8 Å². The Morgan fingerprint density at radius 3 is 2.64 bits per heavy atom. The minimum atomic E-state index is 0.213. The van der Waals surface area contributed by atoms with Gasteiger partial charge in [0.15, 0.2) is 0 Å². The molecule has 25 heavy (non-hydrogen) atoms. The van der Waals surface area contributed by atoms with Crippen LogP contribution in [0.15, 0.2) is 30.3 Å². The van der Waals surface area contributed by atoms with Crippen LogP contribution in [0.25, 0.3) is 0 Å². The molecular formula is C21H25NO2S. The first-order chi connectivity index (χ1) is 12.2. The average Bonchev–Trinajstić information content (AvgIpc) is 3.27. The predicted octanol–water partition coefficient (Wildman–Crippen LogP) is 4.65. The highest BCUT2D eigenvalue weighted by molar-refractivity contribution is 7.13. The molecule has 1 aromatic heterocycles. The Kier molecular flexibility index (Phi) is 4.55. The molecule has 2 aromatic rings. The minimum Gasteiger partial charge on any atom is -0.497 e. The molecule has 1 amide bonds. The topological polar surface area (TPSA) is 29.5 Å². The maximum absolute atomic E-state index is 12.6. The quantitative estimate of drug-likeness (QED) is 0.802. The van der Waals surface area contributed by atoms with Gasteiger partial charge in [0.1, 0.15) is 5.75 Å². The molecule has 1 aliphatic carbocycles. The van der Waals surface area contributed by atoms with E-state index in [2.05, 4.69) is 25.1 Å². The number of hydrogen-bond donors (Lipinski definition) is 0. The molecule has 0 saturated carbocycles. The highest BCUT2D eigenvalue weighted by Crippen LogP contribution is 2.43. The molecule has 2 aliphatic rings. The van der Waals surface area contributed by atoms with Crippen molar-refractivity contribution in [2.45, 2.75) is 38.5 Å². The number of benzene rings is 1. The van der Waals surface area contributed by atoms with Gasteiger partial charge in [-0.2, -0.15) is 0 Å². The van der Waals surface area contributed by atoms with Gasteiger partial charge in [0.2, 0.25) is 0 Å². The van der Waals surface area contributed by atoms with Crippen LogP contribution in [0.2, 0.25) is 0 Å². The predicted molar refractivity (Wildman–Crippen MR) is 102 cm³/mol. The van der Waals surface area contributed by atoms with Gasteiger partial charge in [0.05, 0.1) is 12.0 Å². The zero-order valence-corrected chi connectivity index (χ0v) is 15.8. The summed E-state index contributed by atoms with van der Waals surface area (Å²) in [6.07, 6.45) is 4.64. The molecule has 1 atom stereocenters. The number of aryl methyl sites for hydroxylation is 2. The van der Waals surface area contributed by atoms with Crippen LogP contribution in [0.1, 0.15) is 50.9 Å². The molecule has 1 saturated heterocycles. The molecule has 2 heterocycles. The largest absolute Gasteiger partial charge is 0.497 e. The van der Waals surface area contributed by atoms with Crippen molar-refractivity contribution in [1.82, 2.24) is 4.90 Å². The van der Waals surface area contributed by atoms with Crippen molar-refractivity contribution in [2.75, 3.05) is 20.2 Å². The number of thiophene rings is 1. The first-order valence-corrected chi connectivity index (χ1v) is 10.00. The zero-order valence-electron chi connectivity index (χ0n) is 15.0. The zero-order chi connectivity index (χ0) is 17.4. The fraction of sp³-hybridized carbons (Fsp3) is 0.476. The summed E-state index contributed by atoms with van der Waals surface area (Å²) >= 11 is 1.61. The molecule has 0 bridgehead atoms. The molecular weight excluding hydrogens is 330 g/mol. The lowest BCUT2D eigenvalue weighted by Crippen LogP contribution is -2.39. The number of amides is 1. The fourth-order valence-corrected chi connectivity index (χ4v) is 5.27. The van der Waals surface area contributed by atoms with Gasteiger partial charge in [-0.1, -0.05) is 6.07 Å². The molecule has 0 spiro atoms. The molecule has 132 valence electrons. The van der Waals surface area contributed by atoms with E-state index in [-0.39, 0.29) is 5.91 Å². The molecule has 1 unspecified atom stereocenters. The second-order valence-electron chi connectivity index (χ2n) is 7.25. The maximum atomic E-state index is 12.6. The van der Waals surface area contributed by atoms with Crippen LogP contribution in [0.5, 0.6) is 5.75 Å². The Morgan fingerprint density at radius 2 is 1.96 bits per heavy atom. The van der Waals surface area contributed by atoms with Crippen molar-refractivity contribution < 1.29 is 9.53 Å². The number of carbonyl (C=O) groups excluding carboxylic acids is 1. The standard InChI is InChI=1S/C21H25NO2S/c1-14-3-8-20(25-14)21(23)22-11-9-16(10-12-22)18-7-5-15-4-6-17(24-2)13-19(15)18/h3-4,6,8,13,16,18H,5,7,9-12H2,1-2H3. The van der Waals surface area contributed by atoms with E-state index >= 15 is 0 Å². The van der Waals surface area contributed by atoms with E-state index in [4.69, 9.17) is 4.74 Å². The van der Waals surface area contributed by atoms with E-state index in [1.54, 1.807) is 18.4 Å². The summed E-state index contributed by atoms with van der Waals surface area (Å²) < 4.78 is 5.42. The number of piperidine rings is 1. The Balaban J connectivity index is 1.42. The van der Waals surface area contributed by atoms with E-state index < -0.39 is 0 Å². The Bertz CT molecular complexity index is 774.